The van der Waals surface area contributed by atoms with Gasteiger partial charge in [-0.15, -0.1) is 0 Å². The minimum Gasteiger partial charge on any atom is -0.478 e. The van der Waals surface area contributed by atoms with Crippen LogP contribution in [-0.4, -0.2) is 11.1 Å². The van der Waals surface area contributed by atoms with E-state index >= 15 is 0 Å². The number of carboxylic acid groups (broad SMARTS) is 1. The van der Waals surface area contributed by atoms with Crippen LogP contribution in [0.25, 0.3) is 0 Å². The molecule has 0 amide bonds. The molecule has 3 nitrogen and oxygen atoms in total. The van der Waals surface area contributed by atoms with Crippen LogP contribution in [-0.2, 0) is 0 Å². The zero-order valence-electron chi connectivity index (χ0n) is 6.05. The molecule has 0 heterocycles. The van der Waals surface area contributed by atoms with Crippen LogP contribution in [0.5, 0.6) is 5.75 Å². The van der Waals surface area contributed by atoms with Crippen molar-refractivity contribution in [3.8, 4) is 5.75 Å². The van der Waals surface area contributed by atoms with Gasteiger partial charge in [0.2, 0.25) is 11.6 Å². The second-order valence-corrected chi connectivity index (χ2v) is 2.12. The second-order valence-electron chi connectivity index (χ2n) is 2.12. The Kier molecular flexibility index (Phi) is 2.41. The van der Waals surface area contributed by atoms with Crippen molar-refractivity contribution in [3.63, 3.8) is 0 Å². The Labute approximate surface area is 70.3 Å². The van der Waals surface area contributed by atoms with Gasteiger partial charge < -0.3 is 5.11 Å². The van der Waals surface area contributed by atoms with Gasteiger partial charge in [0.15, 0.2) is 5.82 Å². The van der Waals surface area contributed by atoms with Crippen molar-refractivity contribution in [2.75, 3.05) is 0 Å². The van der Waals surface area contributed by atoms with Crippen molar-refractivity contribution in [2.45, 2.75) is 0 Å². The largest absolute Gasteiger partial charge is 0.478 e. The van der Waals surface area contributed by atoms with E-state index in [-0.39, 0.29) is 0 Å². The van der Waals surface area contributed by atoms with Crippen LogP contribution in [0.2, 0.25) is 0 Å². The highest BCUT2D eigenvalue weighted by Crippen LogP contribution is 2.25. The predicted octanol–water partition coefficient (Wildman–Crippen LogP) is 1.93. The molecule has 1 aromatic carbocycles. The molecule has 0 saturated carbocycles. The first kappa shape index (κ1) is 9.37. The molecule has 1 aromatic rings. The molecule has 0 aromatic heterocycles. The van der Waals surface area contributed by atoms with E-state index in [0.29, 0.717) is 12.1 Å². The summed E-state index contributed by atoms with van der Waals surface area (Å²) < 4.78 is 36.6. The van der Waals surface area contributed by atoms with Crippen molar-refractivity contribution in [3.05, 3.63) is 29.3 Å². The van der Waals surface area contributed by atoms with Gasteiger partial charge in [0.25, 0.3) is 0 Å². The highest BCUT2D eigenvalue weighted by atomic mass is 19.3. The predicted molar refractivity (Wildman–Crippen MR) is 35.1 cm³/mol. The molecule has 70 valence electrons. The molecule has 0 aliphatic heterocycles. The highest BCUT2D eigenvalue weighted by molar-refractivity contribution is 5.90. The summed E-state index contributed by atoms with van der Waals surface area (Å²) in [5.74, 6) is -5.90. The van der Waals surface area contributed by atoms with E-state index in [4.69, 9.17) is 5.11 Å². The third-order valence-electron chi connectivity index (χ3n) is 1.36. The smallest absolute Gasteiger partial charge is 0.339 e. The van der Waals surface area contributed by atoms with Gasteiger partial charge in [-0.1, -0.05) is 0 Å². The lowest BCUT2D eigenvalue weighted by Crippen LogP contribution is -2.02. The summed E-state index contributed by atoms with van der Waals surface area (Å²) in [5, 5.41) is 8.38. The minimum atomic E-state index is -1.66. The third kappa shape index (κ3) is 1.56. The van der Waals surface area contributed by atoms with Gasteiger partial charge in [-0.25, -0.2) is 9.18 Å². The van der Waals surface area contributed by atoms with Crippen molar-refractivity contribution in [1.82, 2.24) is 0 Å². The lowest BCUT2D eigenvalue weighted by Gasteiger charge is -2.01. The van der Waals surface area contributed by atoms with E-state index in [9.17, 15) is 18.1 Å². The Morgan fingerprint density at radius 1 is 1.38 bits per heavy atom. The van der Waals surface area contributed by atoms with Gasteiger partial charge in [0, 0.05) is 4.53 Å². The monoisotopic (exact) mass is 192 g/mol. The second kappa shape index (κ2) is 3.34. The molecule has 0 fully saturated rings. The Balaban J connectivity index is 3.38. The van der Waals surface area contributed by atoms with E-state index in [1.54, 1.807) is 0 Å². The molecule has 0 atom stereocenters. The Morgan fingerprint density at radius 3 is 2.46 bits per heavy atom. The molecule has 1 rings (SSSR count). The van der Waals surface area contributed by atoms with Crippen molar-refractivity contribution < 1.29 is 28.1 Å². The fourth-order valence-electron chi connectivity index (χ4n) is 0.776. The molecular weight excluding hydrogens is 189 g/mol. The van der Waals surface area contributed by atoms with Crippen molar-refractivity contribution in [1.29, 1.82) is 0 Å². The van der Waals surface area contributed by atoms with E-state index in [1.807, 2.05) is 0 Å². The normalized spacial score (nSPS) is 9.77. The summed E-state index contributed by atoms with van der Waals surface area (Å²) in [7, 11) is 0. The number of hydrogen-bond donors (Lipinski definition) is 1. The lowest BCUT2D eigenvalue weighted by molar-refractivity contribution is -0.0130. The molecule has 0 radical (unpaired) electrons. The Hall–Kier alpha value is -1.72. The summed E-state index contributed by atoms with van der Waals surface area (Å²) in [6.45, 7) is 0. The number of rotatable bonds is 2. The average molecular weight is 192 g/mol. The van der Waals surface area contributed by atoms with Gasteiger partial charge in [-0.3, -0.25) is 4.94 Å². The van der Waals surface area contributed by atoms with Gasteiger partial charge in [0.1, 0.15) is 5.56 Å². The molecule has 1 N–H and O–H groups in total. The molecule has 0 saturated heterocycles. The molecule has 6 heteroatoms. The molecule has 13 heavy (non-hydrogen) atoms. The molecule has 0 aliphatic carbocycles. The summed E-state index contributed by atoms with van der Waals surface area (Å²) in [4.78, 5) is 13.2. The summed E-state index contributed by atoms with van der Waals surface area (Å²) in [5.41, 5.74) is -0.776. The first-order valence-electron chi connectivity index (χ1n) is 3.07. The van der Waals surface area contributed by atoms with Gasteiger partial charge in [-0.2, -0.15) is 4.39 Å². The van der Waals surface area contributed by atoms with Crippen LogP contribution in [0.15, 0.2) is 12.1 Å². The van der Waals surface area contributed by atoms with Gasteiger partial charge in [0.05, 0.1) is 0 Å². The first-order valence-corrected chi connectivity index (χ1v) is 3.07. The average Bonchev–Trinajstić information content (AvgIpc) is 2.09. The van der Waals surface area contributed by atoms with Crippen LogP contribution < -0.4 is 4.94 Å². The quantitative estimate of drug-likeness (QED) is 0.778. The van der Waals surface area contributed by atoms with Crippen LogP contribution >= 0.6 is 0 Å². The molecule has 0 unspecified atom stereocenters. The van der Waals surface area contributed by atoms with E-state index < -0.39 is 28.9 Å². The number of aromatic carboxylic acids is 1. The molecule has 0 spiro atoms. The highest BCUT2D eigenvalue weighted by Gasteiger charge is 2.20. The number of carboxylic acids is 1. The first-order chi connectivity index (χ1) is 6.07. The van der Waals surface area contributed by atoms with Crippen molar-refractivity contribution >= 4 is 5.97 Å². The van der Waals surface area contributed by atoms with Crippen LogP contribution in [0.1, 0.15) is 10.4 Å². The zero-order valence-corrected chi connectivity index (χ0v) is 6.05. The maximum atomic E-state index is 12.6. The summed E-state index contributed by atoms with van der Waals surface area (Å²) >= 11 is 0. The van der Waals surface area contributed by atoms with E-state index in [0.717, 1.165) is 0 Å². The fourth-order valence-corrected chi connectivity index (χ4v) is 0.776. The standard InChI is InChI=1S/C7H3F3O3/c8-4-2-1-3(7(11)12)6(13-10)5(4)9/h1-2H,(H,11,12). The molecule has 0 bridgehead atoms. The number of carbonyl (C=O) groups is 1. The lowest BCUT2D eigenvalue weighted by atomic mass is 10.2. The maximum Gasteiger partial charge on any atom is 0.339 e. The molecular formula is C7H3F3O3. The van der Waals surface area contributed by atoms with E-state index in [2.05, 4.69) is 4.94 Å². The Bertz CT molecular complexity index is 351. The van der Waals surface area contributed by atoms with Gasteiger partial charge >= 0.3 is 5.97 Å². The topological polar surface area (TPSA) is 46.5 Å². The maximum absolute atomic E-state index is 12.6. The van der Waals surface area contributed by atoms with Crippen LogP contribution in [0, 0.1) is 11.6 Å². The summed E-state index contributed by atoms with van der Waals surface area (Å²) in [6, 6.07) is 1.27. The number of halogens is 3. The third-order valence-corrected chi connectivity index (χ3v) is 1.36. The Morgan fingerprint density at radius 2 is 2.00 bits per heavy atom. The zero-order chi connectivity index (χ0) is 10.0. The van der Waals surface area contributed by atoms with Crippen LogP contribution in [0.3, 0.4) is 0 Å². The van der Waals surface area contributed by atoms with E-state index in [1.165, 1.54) is 0 Å². The van der Waals surface area contributed by atoms with Crippen LogP contribution in [0.4, 0.5) is 13.3 Å². The fraction of sp³-hybridized carbons (Fsp3) is 0. The minimum absolute atomic E-state index is 0.571. The number of benzene rings is 1. The SMILES string of the molecule is O=C(O)c1ccc(F)c(F)c1OF. The van der Waals surface area contributed by atoms with Gasteiger partial charge in [-0.05, 0) is 12.1 Å². The number of hydrogen-bond acceptors (Lipinski definition) is 2. The molecule has 0 aliphatic rings. The summed E-state index contributed by atoms with van der Waals surface area (Å²) in [6.07, 6.45) is 0. The van der Waals surface area contributed by atoms with Crippen molar-refractivity contribution in [2.24, 2.45) is 0 Å².